The minimum atomic E-state index is 0.135. The Labute approximate surface area is 155 Å². The van der Waals surface area contributed by atoms with Gasteiger partial charge < -0.3 is 14.4 Å². The predicted molar refractivity (Wildman–Crippen MR) is 103 cm³/mol. The van der Waals surface area contributed by atoms with Crippen LogP contribution in [-0.2, 0) is 6.61 Å². The van der Waals surface area contributed by atoms with Crippen molar-refractivity contribution in [3.8, 4) is 11.5 Å². The van der Waals surface area contributed by atoms with Crippen LogP contribution in [0.1, 0.15) is 42.6 Å². The Morgan fingerprint density at radius 3 is 2.31 bits per heavy atom. The number of hydrogen-bond donors (Lipinski definition) is 0. The quantitative estimate of drug-likeness (QED) is 0.765. The predicted octanol–water partition coefficient (Wildman–Crippen LogP) is 4.54. The van der Waals surface area contributed by atoms with Crippen molar-refractivity contribution in [3.63, 3.8) is 0 Å². The van der Waals surface area contributed by atoms with Crippen LogP contribution in [0, 0.1) is 5.92 Å². The van der Waals surface area contributed by atoms with Crippen molar-refractivity contribution >= 4 is 5.91 Å². The van der Waals surface area contributed by atoms with Crippen molar-refractivity contribution in [2.75, 3.05) is 19.7 Å². The van der Waals surface area contributed by atoms with Gasteiger partial charge >= 0.3 is 0 Å². The molecule has 1 aliphatic rings. The van der Waals surface area contributed by atoms with E-state index < -0.39 is 0 Å². The molecule has 1 amide bonds. The SMILES string of the molecule is CCOc1ccc(OCc2ccc(C(=O)N3CCC[C@H](C)C3)cc2)cc1. The summed E-state index contributed by atoms with van der Waals surface area (Å²) in [4.78, 5) is 14.6. The first-order valence-electron chi connectivity index (χ1n) is 9.39. The van der Waals surface area contributed by atoms with Crippen LogP contribution in [0.15, 0.2) is 48.5 Å². The molecular weight excluding hydrogens is 326 g/mol. The number of hydrogen-bond acceptors (Lipinski definition) is 3. The fraction of sp³-hybridized carbons (Fsp3) is 0.409. The van der Waals surface area contributed by atoms with Gasteiger partial charge in [0.1, 0.15) is 18.1 Å². The fourth-order valence-electron chi connectivity index (χ4n) is 3.27. The molecule has 1 heterocycles. The molecular formula is C22H27NO3. The van der Waals surface area contributed by atoms with E-state index in [9.17, 15) is 4.79 Å². The summed E-state index contributed by atoms with van der Waals surface area (Å²) in [5, 5.41) is 0. The van der Waals surface area contributed by atoms with E-state index in [1.165, 1.54) is 6.42 Å². The molecule has 4 nitrogen and oxygen atoms in total. The molecule has 138 valence electrons. The lowest BCUT2D eigenvalue weighted by molar-refractivity contribution is 0.0683. The number of likely N-dealkylation sites (tertiary alicyclic amines) is 1. The number of rotatable bonds is 6. The summed E-state index contributed by atoms with van der Waals surface area (Å²) in [6.07, 6.45) is 2.31. The lowest BCUT2D eigenvalue weighted by Gasteiger charge is -2.31. The Hall–Kier alpha value is -2.49. The molecule has 1 fully saturated rings. The summed E-state index contributed by atoms with van der Waals surface area (Å²) < 4.78 is 11.2. The molecule has 1 aliphatic heterocycles. The molecule has 0 aromatic heterocycles. The van der Waals surface area contributed by atoms with Gasteiger partial charge in [-0.05, 0) is 67.6 Å². The van der Waals surface area contributed by atoms with Crippen LogP contribution in [0.4, 0.5) is 0 Å². The number of nitrogens with zero attached hydrogens (tertiary/aromatic N) is 1. The molecule has 2 aromatic rings. The Morgan fingerprint density at radius 2 is 1.69 bits per heavy atom. The Bertz CT molecular complexity index is 709. The van der Waals surface area contributed by atoms with Gasteiger partial charge in [-0.3, -0.25) is 4.79 Å². The second-order valence-corrected chi connectivity index (χ2v) is 6.89. The number of amides is 1. The van der Waals surface area contributed by atoms with Crippen LogP contribution in [0.25, 0.3) is 0 Å². The molecule has 0 spiro atoms. The van der Waals surface area contributed by atoms with E-state index in [4.69, 9.17) is 9.47 Å². The average Bonchev–Trinajstić information content (AvgIpc) is 2.67. The van der Waals surface area contributed by atoms with E-state index in [0.29, 0.717) is 19.1 Å². The minimum absolute atomic E-state index is 0.135. The van der Waals surface area contributed by atoms with Gasteiger partial charge in [0.2, 0.25) is 0 Å². The zero-order valence-corrected chi connectivity index (χ0v) is 15.6. The Balaban J connectivity index is 1.54. The summed E-state index contributed by atoms with van der Waals surface area (Å²) in [5.74, 6) is 2.37. The number of carbonyl (C=O) groups is 1. The molecule has 0 saturated carbocycles. The van der Waals surface area contributed by atoms with E-state index in [-0.39, 0.29) is 5.91 Å². The largest absolute Gasteiger partial charge is 0.494 e. The van der Waals surface area contributed by atoms with Crippen LogP contribution in [0.2, 0.25) is 0 Å². The average molecular weight is 353 g/mol. The zero-order chi connectivity index (χ0) is 18.4. The summed E-state index contributed by atoms with van der Waals surface area (Å²) in [6.45, 7) is 7.03. The highest BCUT2D eigenvalue weighted by Gasteiger charge is 2.21. The van der Waals surface area contributed by atoms with Crippen molar-refractivity contribution in [1.29, 1.82) is 0 Å². The highest BCUT2D eigenvalue weighted by Crippen LogP contribution is 2.20. The monoisotopic (exact) mass is 353 g/mol. The smallest absolute Gasteiger partial charge is 0.253 e. The van der Waals surface area contributed by atoms with Crippen molar-refractivity contribution in [3.05, 3.63) is 59.7 Å². The zero-order valence-electron chi connectivity index (χ0n) is 15.6. The Kier molecular flexibility index (Phi) is 6.16. The number of piperidine rings is 1. The standard InChI is InChI=1S/C22H27NO3/c1-3-25-20-10-12-21(13-11-20)26-16-18-6-8-19(9-7-18)22(24)23-14-4-5-17(2)15-23/h6-13,17H,3-5,14-16H2,1-2H3/t17-/m0/s1. The summed E-state index contributed by atoms with van der Waals surface area (Å²) >= 11 is 0. The molecule has 0 unspecified atom stereocenters. The van der Waals surface area contributed by atoms with Crippen molar-refractivity contribution in [1.82, 2.24) is 4.90 Å². The molecule has 1 atom stereocenters. The van der Waals surface area contributed by atoms with Gasteiger partial charge in [-0.15, -0.1) is 0 Å². The van der Waals surface area contributed by atoms with Gasteiger partial charge in [0.15, 0.2) is 0 Å². The van der Waals surface area contributed by atoms with Gasteiger partial charge in [-0.25, -0.2) is 0 Å². The van der Waals surface area contributed by atoms with Gasteiger partial charge in [0, 0.05) is 18.7 Å². The van der Waals surface area contributed by atoms with E-state index in [2.05, 4.69) is 6.92 Å². The van der Waals surface area contributed by atoms with Gasteiger partial charge in [0.25, 0.3) is 5.91 Å². The third kappa shape index (κ3) is 4.78. The van der Waals surface area contributed by atoms with Crippen molar-refractivity contribution < 1.29 is 14.3 Å². The van der Waals surface area contributed by atoms with Gasteiger partial charge in [-0.2, -0.15) is 0 Å². The highest BCUT2D eigenvalue weighted by molar-refractivity contribution is 5.94. The van der Waals surface area contributed by atoms with Crippen LogP contribution < -0.4 is 9.47 Å². The maximum atomic E-state index is 12.6. The molecule has 0 bridgehead atoms. The summed E-state index contributed by atoms with van der Waals surface area (Å²) in [6, 6.07) is 15.3. The molecule has 26 heavy (non-hydrogen) atoms. The maximum Gasteiger partial charge on any atom is 0.253 e. The lowest BCUT2D eigenvalue weighted by atomic mass is 9.99. The molecule has 1 saturated heterocycles. The van der Waals surface area contributed by atoms with E-state index in [0.717, 1.165) is 42.1 Å². The normalized spacial score (nSPS) is 17.0. The minimum Gasteiger partial charge on any atom is -0.494 e. The summed E-state index contributed by atoms with van der Waals surface area (Å²) in [5.41, 5.74) is 1.80. The van der Waals surface area contributed by atoms with E-state index in [1.807, 2.05) is 60.4 Å². The first-order valence-corrected chi connectivity index (χ1v) is 9.39. The first kappa shape index (κ1) is 18.3. The topological polar surface area (TPSA) is 38.8 Å². The molecule has 2 aromatic carbocycles. The van der Waals surface area contributed by atoms with Gasteiger partial charge in [0.05, 0.1) is 6.61 Å². The number of carbonyl (C=O) groups excluding carboxylic acids is 1. The van der Waals surface area contributed by atoms with Crippen molar-refractivity contribution in [2.45, 2.75) is 33.3 Å². The number of ether oxygens (including phenoxy) is 2. The highest BCUT2D eigenvalue weighted by atomic mass is 16.5. The van der Waals surface area contributed by atoms with Crippen LogP contribution in [0.5, 0.6) is 11.5 Å². The molecule has 0 N–H and O–H groups in total. The molecule has 3 rings (SSSR count). The third-order valence-corrected chi connectivity index (χ3v) is 4.69. The van der Waals surface area contributed by atoms with Crippen molar-refractivity contribution in [2.24, 2.45) is 5.92 Å². The lowest BCUT2D eigenvalue weighted by Crippen LogP contribution is -2.39. The second kappa shape index (κ2) is 8.75. The fourth-order valence-corrected chi connectivity index (χ4v) is 3.27. The number of benzene rings is 2. The van der Waals surface area contributed by atoms with Crippen LogP contribution in [0.3, 0.4) is 0 Å². The van der Waals surface area contributed by atoms with Crippen LogP contribution in [-0.4, -0.2) is 30.5 Å². The molecule has 4 heteroatoms. The third-order valence-electron chi connectivity index (χ3n) is 4.69. The Morgan fingerprint density at radius 1 is 1.04 bits per heavy atom. The first-order chi connectivity index (χ1) is 12.7. The molecule has 0 radical (unpaired) electrons. The second-order valence-electron chi connectivity index (χ2n) is 6.89. The summed E-state index contributed by atoms with van der Waals surface area (Å²) in [7, 11) is 0. The maximum absolute atomic E-state index is 12.6. The van der Waals surface area contributed by atoms with Gasteiger partial charge in [-0.1, -0.05) is 19.1 Å². The van der Waals surface area contributed by atoms with E-state index in [1.54, 1.807) is 0 Å². The van der Waals surface area contributed by atoms with Crippen LogP contribution >= 0.6 is 0 Å². The van der Waals surface area contributed by atoms with E-state index >= 15 is 0 Å². The molecule has 0 aliphatic carbocycles.